The molecule has 2 heterocycles. The number of hydrogen-bond donors (Lipinski definition) is 2. The Labute approximate surface area is 152 Å². The smallest absolute Gasteiger partial charge is 0.129 e. The number of rotatable bonds is 2. The van der Waals surface area contributed by atoms with Crippen LogP contribution in [0.25, 0.3) is 11.1 Å². The molecule has 2 unspecified atom stereocenters. The molecule has 26 heavy (non-hydrogen) atoms. The maximum atomic E-state index is 9.12. The summed E-state index contributed by atoms with van der Waals surface area (Å²) in [5.74, 6) is 0.524. The summed E-state index contributed by atoms with van der Waals surface area (Å²) in [7, 11) is 0. The van der Waals surface area contributed by atoms with Crippen LogP contribution in [-0.2, 0) is 0 Å². The predicted octanol–water partition coefficient (Wildman–Crippen LogP) is 3.30. The van der Waals surface area contributed by atoms with Crippen molar-refractivity contribution in [2.45, 2.75) is 25.6 Å². The third-order valence-corrected chi connectivity index (χ3v) is 4.70. The van der Waals surface area contributed by atoms with E-state index < -0.39 is 0 Å². The first-order valence-corrected chi connectivity index (χ1v) is 8.61. The summed E-state index contributed by atoms with van der Waals surface area (Å²) in [5.41, 5.74) is 12.0. The number of dihydropyridines is 1. The molecular formula is C21H19N5. The van der Waals surface area contributed by atoms with Crippen molar-refractivity contribution in [3.8, 4) is 17.2 Å². The first-order chi connectivity index (χ1) is 12.6. The van der Waals surface area contributed by atoms with Crippen LogP contribution in [-0.4, -0.2) is 18.2 Å². The molecule has 0 spiro atoms. The van der Waals surface area contributed by atoms with Crippen LogP contribution in [0.1, 0.15) is 30.5 Å². The molecule has 3 N–H and O–H groups in total. The summed E-state index contributed by atoms with van der Waals surface area (Å²) in [6.45, 7) is 2.01. The average Bonchev–Trinajstić information content (AvgIpc) is 2.67. The molecule has 2 atom stereocenters. The summed E-state index contributed by atoms with van der Waals surface area (Å²) in [5, 5.41) is 12.5. The lowest BCUT2D eigenvalue weighted by Gasteiger charge is -2.28. The van der Waals surface area contributed by atoms with E-state index in [9.17, 15) is 0 Å². The van der Waals surface area contributed by atoms with Gasteiger partial charge in [-0.05, 0) is 41.8 Å². The Bertz CT molecular complexity index is 993. The van der Waals surface area contributed by atoms with E-state index in [4.69, 9.17) is 11.0 Å². The van der Waals surface area contributed by atoms with Crippen LogP contribution < -0.4 is 11.1 Å². The van der Waals surface area contributed by atoms with E-state index in [1.807, 2.05) is 49.5 Å². The van der Waals surface area contributed by atoms with Gasteiger partial charge in [-0.25, -0.2) is 0 Å². The van der Waals surface area contributed by atoms with Crippen molar-refractivity contribution in [2.24, 2.45) is 15.7 Å². The second kappa shape index (κ2) is 6.49. The lowest BCUT2D eigenvalue weighted by molar-refractivity contribution is 0.573. The number of nitriles is 1. The second-order valence-corrected chi connectivity index (χ2v) is 6.54. The van der Waals surface area contributed by atoms with Gasteiger partial charge < -0.3 is 11.1 Å². The molecule has 0 saturated heterocycles. The van der Waals surface area contributed by atoms with Crippen molar-refractivity contribution in [3.05, 3.63) is 70.9 Å². The average molecular weight is 341 g/mol. The lowest BCUT2D eigenvalue weighted by Crippen LogP contribution is -2.36. The van der Waals surface area contributed by atoms with Gasteiger partial charge in [-0.3, -0.25) is 9.98 Å². The van der Waals surface area contributed by atoms with E-state index in [-0.39, 0.29) is 12.2 Å². The molecule has 0 saturated carbocycles. The normalized spacial score (nSPS) is 21.5. The van der Waals surface area contributed by atoms with Gasteiger partial charge in [-0.2, -0.15) is 5.26 Å². The molecule has 5 nitrogen and oxygen atoms in total. The zero-order valence-corrected chi connectivity index (χ0v) is 14.5. The van der Waals surface area contributed by atoms with Crippen LogP contribution in [0.2, 0.25) is 0 Å². The summed E-state index contributed by atoms with van der Waals surface area (Å²) in [6.07, 6.45) is 2.64. The van der Waals surface area contributed by atoms with Gasteiger partial charge in [0.25, 0.3) is 0 Å². The Balaban J connectivity index is 1.67. The molecule has 0 radical (unpaired) electrons. The summed E-state index contributed by atoms with van der Waals surface area (Å²) in [4.78, 5) is 9.03. The first-order valence-electron chi connectivity index (χ1n) is 8.61. The standard InChI is InChI=1S/C21H19N5/c1-13-24-12-18-20(25-13)10-19(26-21(18)23)17-7-3-6-16(9-17)15-5-2-4-14(8-15)11-22/h2-9,12-13,19,25H,10H2,1H3,(H2,23,26). The third kappa shape index (κ3) is 2.98. The van der Waals surface area contributed by atoms with Gasteiger partial charge in [0.15, 0.2) is 0 Å². The molecular weight excluding hydrogens is 322 g/mol. The number of amidine groups is 1. The molecule has 0 bridgehead atoms. The van der Waals surface area contributed by atoms with E-state index in [1.165, 1.54) is 0 Å². The molecule has 128 valence electrons. The molecule has 4 rings (SSSR count). The number of benzene rings is 2. The quantitative estimate of drug-likeness (QED) is 0.878. The fourth-order valence-corrected chi connectivity index (χ4v) is 3.38. The number of nitrogens with one attached hydrogen (secondary N) is 1. The number of nitrogens with zero attached hydrogens (tertiary/aromatic N) is 3. The van der Waals surface area contributed by atoms with Crippen LogP contribution in [0.4, 0.5) is 0 Å². The molecule has 0 amide bonds. The SMILES string of the molecule is CC1N=CC2=C(CC(c3cccc(-c4cccc(C#N)c4)c3)N=C2N)N1. The van der Waals surface area contributed by atoms with Crippen molar-refractivity contribution >= 4 is 12.1 Å². The minimum atomic E-state index is -0.0287. The minimum Gasteiger partial charge on any atom is -0.383 e. The summed E-state index contributed by atoms with van der Waals surface area (Å²) >= 11 is 0. The highest BCUT2D eigenvalue weighted by Crippen LogP contribution is 2.33. The molecule has 2 aromatic rings. The molecule has 5 heteroatoms. The summed E-state index contributed by atoms with van der Waals surface area (Å²) < 4.78 is 0. The lowest BCUT2D eigenvalue weighted by atomic mass is 9.93. The van der Waals surface area contributed by atoms with Crippen molar-refractivity contribution in [2.75, 3.05) is 0 Å². The Morgan fingerprint density at radius 1 is 1.15 bits per heavy atom. The van der Waals surface area contributed by atoms with Gasteiger partial charge in [-0.15, -0.1) is 0 Å². The Hall–Kier alpha value is -3.39. The largest absolute Gasteiger partial charge is 0.383 e. The minimum absolute atomic E-state index is 0.0287. The van der Waals surface area contributed by atoms with Crippen LogP contribution in [0, 0.1) is 11.3 Å². The van der Waals surface area contributed by atoms with Crippen molar-refractivity contribution in [1.29, 1.82) is 5.26 Å². The third-order valence-electron chi connectivity index (χ3n) is 4.70. The van der Waals surface area contributed by atoms with Gasteiger partial charge in [0.1, 0.15) is 12.0 Å². The zero-order chi connectivity index (χ0) is 18.1. The monoisotopic (exact) mass is 341 g/mol. The van der Waals surface area contributed by atoms with Crippen LogP contribution >= 0.6 is 0 Å². The van der Waals surface area contributed by atoms with E-state index in [2.05, 4.69) is 33.5 Å². The van der Waals surface area contributed by atoms with E-state index in [0.717, 1.165) is 34.4 Å². The Morgan fingerprint density at radius 3 is 2.73 bits per heavy atom. The molecule has 0 aliphatic carbocycles. The number of nitrogens with two attached hydrogens (primary N) is 1. The highest BCUT2D eigenvalue weighted by atomic mass is 15.1. The molecule has 0 aromatic heterocycles. The van der Waals surface area contributed by atoms with E-state index in [1.54, 1.807) is 0 Å². The van der Waals surface area contributed by atoms with Crippen LogP contribution in [0.5, 0.6) is 0 Å². The molecule has 0 fully saturated rings. The van der Waals surface area contributed by atoms with E-state index in [0.29, 0.717) is 11.4 Å². The topological polar surface area (TPSA) is 86.6 Å². The molecule has 2 aliphatic rings. The van der Waals surface area contributed by atoms with Gasteiger partial charge in [-0.1, -0.05) is 30.3 Å². The second-order valence-electron chi connectivity index (χ2n) is 6.54. The molecule has 2 aliphatic heterocycles. The highest BCUT2D eigenvalue weighted by molar-refractivity contribution is 6.15. The first kappa shape index (κ1) is 16.1. The highest BCUT2D eigenvalue weighted by Gasteiger charge is 2.25. The van der Waals surface area contributed by atoms with Gasteiger partial charge in [0.2, 0.25) is 0 Å². The molecule has 2 aromatic carbocycles. The number of hydrogen-bond acceptors (Lipinski definition) is 5. The van der Waals surface area contributed by atoms with Gasteiger partial charge in [0, 0.05) is 18.3 Å². The van der Waals surface area contributed by atoms with Gasteiger partial charge in [0.05, 0.1) is 23.2 Å². The zero-order valence-electron chi connectivity index (χ0n) is 14.5. The maximum absolute atomic E-state index is 9.12. The maximum Gasteiger partial charge on any atom is 0.129 e. The van der Waals surface area contributed by atoms with E-state index >= 15 is 0 Å². The van der Waals surface area contributed by atoms with Crippen molar-refractivity contribution in [3.63, 3.8) is 0 Å². The van der Waals surface area contributed by atoms with Gasteiger partial charge >= 0.3 is 0 Å². The predicted molar refractivity (Wildman–Crippen MR) is 104 cm³/mol. The van der Waals surface area contributed by atoms with Crippen LogP contribution in [0.3, 0.4) is 0 Å². The Kier molecular flexibility index (Phi) is 4.02. The van der Waals surface area contributed by atoms with Crippen molar-refractivity contribution in [1.82, 2.24) is 5.32 Å². The Morgan fingerprint density at radius 2 is 1.92 bits per heavy atom. The van der Waals surface area contributed by atoms with Crippen molar-refractivity contribution < 1.29 is 0 Å². The summed E-state index contributed by atoms with van der Waals surface area (Å²) in [6, 6.07) is 18.1. The number of aliphatic imine (C=N–C) groups is 2. The van der Waals surface area contributed by atoms with Crippen LogP contribution in [0.15, 0.2) is 69.8 Å². The fourth-order valence-electron chi connectivity index (χ4n) is 3.38. The fraction of sp³-hybridized carbons (Fsp3) is 0.190.